The van der Waals surface area contributed by atoms with E-state index in [-0.39, 0.29) is 18.2 Å². The Hall–Kier alpha value is -2.15. The fourth-order valence-corrected chi connectivity index (χ4v) is 3.85. The first kappa shape index (κ1) is 19.6. The summed E-state index contributed by atoms with van der Waals surface area (Å²) in [5, 5.41) is 16.7. The van der Waals surface area contributed by atoms with Crippen molar-refractivity contribution >= 4 is 17.6 Å². The van der Waals surface area contributed by atoms with Crippen molar-refractivity contribution < 1.29 is 14.7 Å². The lowest BCUT2D eigenvalue weighted by Gasteiger charge is -2.37. The van der Waals surface area contributed by atoms with Crippen molar-refractivity contribution in [1.82, 2.24) is 15.2 Å². The number of ketones is 1. The number of aryl methyl sites for hydroxylation is 2. The number of likely N-dealkylation sites (tertiary alicyclic amines) is 1. The van der Waals surface area contributed by atoms with Crippen LogP contribution in [0.15, 0.2) is 12.1 Å². The first-order chi connectivity index (χ1) is 13.0. The van der Waals surface area contributed by atoms with Crippen LogP contribution in [0.3, 0.4) is 0 Å². The Bertz CT molecular complexity index is 684. The fraction of sp³-hybridized carbons (Fsp3) is 0.650. The van der Waals surface area contributed by atoms with Crippen LogP contribution in [-0.2, 0) is 17.6 Å². The van der Waals surface area contributed by atoms with Crippen molar-refractivity contribution in [2.24, 2.45) is 0 Å². The third-order valence-corrected chi connectivity index (χ3v) is 5.40. The third kappa shape index (κ3) is 5.42. The lowest BCUT2D eigenvalue weighted by Crippen LogP contribution is -2.50. The number of carbonyl (C=O) groups excluding carboxylic acids is 2. The highest BCUT2D eigenvalue weighted by atomic mass is 16.3. The molecule has 3 N–H and O–H groups in total. The van der Waals surface area contributed by atoms with Gasteiger partial charge in [0.25, 0.3) is 0 Å². The smallest absolute Gasteiger partial charge is 0.317 e. The Balaban J connectivity index is 1.37. The number of hydrogen-bond donors (Lipinski definition) is 3. The van der Waals surface area contributed by atoms with Gasteiger partial charge in [0, 0.05) is 38.3 Å². The van der Waals surface area contributed by atoms with E-state index in [0.29, 0.717) is 32.5 Å². The minimum absolute atomic E-state index is 0.0126. The van der Waals surface area contributed by atoms with E-state index >= 15 is 0 Å². The van der Waals surface area contributed by atoms with E-state index in [2.05, 4.69) is 27.8 Å². The average molecular weight is 374 g/mol. The number of aliphatic hydroxyl groups is 1. The van der Waals surface area contributed by atoms with Crippen LogP contribution in [0.5, 0.6) is 0 Å². The third-order valence-electron chi connectivity index (χ3n) is 5.40. The molecule has 2 aliphatic rings. The SMILES string of the molecule is CC(=O)CC1(O)CCN(C(=O)NCCCc2ccc3c(n2)NCCC3)CC1. The number of anilines is 1. The molecule has 7 heteroatoms. The van der Waals surface area contributed by atoms with Gasteiger partial charge in [0.15, 0.2) is 0 Å². The van der Waals surface area contributed by atoms with Gasteiger partial charge in [0.2, 0.25) is 0 Å². The second-order valence-electron chi connectivity index (χ2n) is 7.77. The summed E-state index contributed by atoms with van der Waals surface area (Å²) in [5.41, 5.74) is 1.38. The molecule has 0 unspecified atom stereocenters. The zero-order valence-corrected chi connectivity index (χ0v) is 16.1. The van der Waals surface area contributed by atoms with Crippen LogP contribution in [0.1, 0.15) is 50.3 Å². The number of Topliss-reactive ketones (excluding diaryl/α,β-unsaturated/α-hetero) is 1. The van der Waals surface area contributed by atoms with Crippen LogP contribution in [0, 0.1) is 0 Å². The monoisotopic (exact) mass is 374 g/mol. The summed E-state index contributed by atoms with van der Waals surface area (Å²) in [4.78, 5) is 29.9. The molecule has 0 aliphatic carbocycles. The van der Waals surface area contributed by atoms with Crippen molar-refractivity contribution in [3.8, 4) is 0 Å². The van der Waals surface area contributed by atoms with Gasteiger partial charge in [-0.2, -0.15) is 0 Å². The Labute approximate surface area is 160 Å². The number of hydrogen-bond acceptors (Lipinski definition) is 5. The molecule has 1 fully saturated rings. The summed E-state index contributed by atoms with van der Waals surface area (Å²) in [6.07, 6.45) is 4.97. The summed E-state index contributed by atoms with van der Waals surface area (Å²) in [6.45, 7) is 4.03. The second kappa shape index (κ2) is 8.69. The van der Waals surface area contributed by atoms with Crippen molar-refractivity contribution in [1.29, 1.82) is 0 Å². The summed E-state index contributed by atoms with van der Waals surface area (Å²) in [5.74, 6) is 0.996. The van der Waals surface area contributed by atoms with Gasteiger partial charge in [-0.1, -0.05) is 6.07 Å². The molecule has 2 amide bonds. The maximum absolute atomic E-state index is 12.3. The van der Waals surface area contributed by atoms with Crippen LogP contribution in [0.4, 0.5) is 10.6 Å². The highest BCUT2D eigenvalue weighted by molar-refractivity contribution is 5.77. The van der Waals surface area contributed by atoms with Crippen LogP contribution >= 0.6 is 0 Å². The summed E-state index contributed by atoms with van der Waals surface area (Å²) < 4.78 is 0. The number of carbonyl (C=O) groups is 2. The van der Waals surface area contributed by atoms with Gasteiger partial charge in [0.1, 0.15) is 11.6 Å². The second-order valence-corrected chi connectivity index (χ2v) is 7.77. The molecule has 0 bridgehead atoms. The van der Waals surface area contributed by atoms with Crippen molar-refractivity contribution in [2.75, 3.05) is 31.5 Å². The molecule has 7 nitrogen and oxygen atoms in total. The molecule has 27 heavy (non-hydrogen) atoms. The van der Waals surface area contributed by atoms with Crippen molar-refractivity contribution in [2.45, 2.75) is 57.5 Å². The molecule has 3 rings (SSSR count). The number of nitrogens with zero attached hydrogens (tertiary/aromatic N) is 2. The molecule has 148 valence electrons. The van der Waals surface area contributed by atoms with E-state index in [1.807, 2.05) is 0 Å². The molecular weight excluding hydrogens is 344 g/mol. The largest absolute Gasteiger partial charge is 0.389 e. The zero-order chi connectivity index (χ0) is 19.3. The summed E-state index contributed by atoms with van der Waals surface area (Å²) in [7, 11) is 0. The minimum atomic E-state index is -0.950. The van der Waals surface area contributed by atoms with E-state index in [1.54, 1.807) is 4.90 Å². The lowest BCUT2D eigenvalue weighted by molar-refractivity contribution is -0.123. The number of nitrogens with one attached hydrogen (secondary N) is 2. The number of amides is 2. The van der Waals surface area contributed by atoms with Gasteiger partial charge in [0.05, 0.1) is 5.60 Å². The zero-order valence-electron chi connectivity index (χ0n) is 16.1. The number of pyridine rings is 1. The first-order valence-corrected chi connectivity index (χ1v) is 9.92. The van der Waals surface area contributed by atoms with E-state index in [4.69, 9.17) is 0 Å². The highest BCUT2D eigenvalue weighted by Gasteiger charge is 2.34. The normalized spacial score (nSPS) is 18.4. The van der Waals surface area contributed by atoms with E-state index in [0.717, 1.165) is 43.7 Å². The molecular formula is C20H30N4O3. The maximum Gasteiger partial charge on any atom is 0.317 e. The average Bonchev–Trinajstić information content (AvgIpc) is 2.64. The maximum atomic E-state index is 12.3. The van der Waals surface area contributed by atoms with Gasteiger partial charge in [-0.05, 0) is 57.1 Å². The van der Waals surface area contributed by atoms with E-state index < -0.39 is 5.60 Å². The summed E-state index contributed by atoms with van der Waals surface area (Å²) >= 11 is 0. The van der Waals surface area contributed by atoms with Gasteiger partial charge in [-0.25, -0.2) is 9.78 Å². The van der Waals surface area contributed by atoms with Gasteiger partial charge in [-0.15, -0.1) is 0 Å². The first-order valence-electron chi connectivity index (χ1n) is 9.92. The van der Waals surface area contributed by atoms with Crippen LogP contribution < -0.4 is 10.6 Å². The molecule has 0 saturated carbocycles. The molecule has 1 saturated heterocycles. The standard InChI is InChI=1S/C20H30N4O3/c1-15(25)14-20(27)8-12-24(13-9-20)19(26)22-11-3-5-17-7-6-16-4-2-10-21-18(16)23-17/h6-7,27H,2-5,8-14H2,1H3,(H,21,23)(H,22,26). The molecule has 0 spiro atoms. The molecule has 1 aromatic rings. The fourth-order valence-electron chi connectivity index (χ4n) is 3.85. The van der Waals surface area contributed by atoms with E-state index in [1.165, 1.54) is 12.5 Å². The van der Waals surface area contributed by atoms with Crippen LogP contribution in [-0.4, -0.2) is 58.6 Å². The Kier molecular flexibility index (Phi) is 6.31. The molecule has 2 aliphatic heterocycles. The Morgan fingerprint density at radius 1 is 1.33 bits per heavy atom. The topological polar surface area (TPSA) is 94.6 Å². The van der Waals surface area contributed by atoms with Gasteiger partial charge in [-0.3, -0.25) is 4.79 Å². The van der Waals surface area contributed by atoms with Crippen molar-refractivity contribution in [3.63, 3.8) is 0 Å². The molecule has 1 aromatic heterocycles. The molecule has 3 heterocycles. The van der Waals surface area contributed by atoms with Crippen molar-refractivity contribution in [3.05, 3.63) is 23.4 Å². The van der Waals surface area contributed by atoms with Gasteiger partial charge < -0.3 is 20.6 Å². The lowest BCUT2D eigenvalue weighted by atomic mass is 9.87. The van der Waals surface area contributed by atoms with Crippen LogP contribution in [0.2, 0.25) is 0 Å². The highest BCUT2D eigenvalue weighted by Crippen LogP contribution is 2.26. The Morgan fingerprint density at radius 2 is 2.11 bits per heavy atom. The van der Waals surface area contributed by atoms with E-state index in [9.17, 15) is 14.7 Å². The molecule has 0 atom stereocenters. The predicted octanol–water partition coefficient (Wildman–Crippen LogP) is 1.89. The number of piperidine rings is 1. The molecule has 0 aromatic carbocycles. The Morgan fingerprint density at radius 3 is 2.85 bits per heavy atom. The quantitative estimate of drug-likeness (QED) is 0.661. The van der Waals surface area contributed by atoms with Gasteiger partial charge >= 0.3 is 6.03 Å². The number of fused-ring (bicyclic) bond motifs is 1. The van der Waals surface area contributed by atoms with Crippen LogP contribution in [0.25, 0.3) is 0 Å². The number of rotatable bonds is 6. The minimum Gasteiger partial charge on any atom is -0.389 e. The number of urea groups is 1. The predicted molar refractivity (Wildman–Crippen MR) is 104 cm³/mol. The summed E-state index contributed by atoms with van der Waals surface area (Å²) in [6, 6.07) is 4.13. The molecule has 0 radical (unpaired) electrons. The number of aromatic nitrogens is 1.